The minimum atomic E-state index is -0.430. The fraction of sp³-hybridized carbons (Fsp3) is 0.500. The van der Waals surface area contributed by atoms with Gasteiger partial charge in [-0.2, -0.15) is 0 Å². The number of nitrogens with zero attached hydrogens (tertiary/aromatic N) is 2. The number of hydrogen-bond acceptors (Lipinski definition) is 3. The van der Waals surface area contributed by atoms with E-state index in [1.807, 2.05) is 12.1 Å². The van der Waals surface area contributed by atoms with E-state index >= 15 is 0 Å². The smallest absolute Gasteiger partial charge is 0.299 e. The summed E-state index contributed by atoms with van der Waals surface area (Å²) in [4.78, 5) is 27.4. The third-order valence-electron chi connectivity index (χ3n) is 4.47. The number of carbonyl (C=O) groups excluding carboxylic acids is 2. The maximum absolute atomic E-state index is 11.8. The summed E-state index contributed by atoms with van der Waals surface area (Å²) in [6.07, 6.45) is 4.96. The first-order valence-corrected chi connectivity index (χ1v) is 7.32. The molecule has 2 aliphatic heterocycles. The van der Waals surface area contributed by atoms with Crippen LogP contribution in [0.4, 0.5) is 11.4 Å². The Morgan fingerprint density at radius 1 is 1.15 bits per heavy atom. The van der Waals surface area contributed by atoms with Crippen LogP contribution >= 0.6 is 0 Å². The highest BCUT2D eigenvalue weighted by atomic mass is 16.2. The Labute approximate surface area is 119 Å². The van der Waals surface area contributed by atoms with Crippen molar-refractivity contribution in [3.63, 3.8) is 0 Å². The molecule has 2 aliphatic rings. The number of amides is 1. The van der Waals surface area contributed by atoms with Crippen molar-refractivity contribution >= 4 is 23.1 Å². The lowest BCUT2D eigenvalue weighted by atomic mass is 10.1. The second kappa shape index (κ2) is 4.93. The van der Waals surface area contributed by atoms with Crippen molar-refractivity contribution in [1.82, 2.24) is 0 Å². The Morgan fingerprint density at radius 2 is 1.95 bits per heavy atom. The highest BCUT2D eigenvalue weighted by molar-refractivity contribution is 6.52. The van der Waals surface area contributed by atoms with E-state index in [-0.39, 0.29) is 0 Å². The predicted octanol–water partition coefficient (Wildman–Crippen LogP) is 2.61. The number of ketones is 1. The van der Waals surface area contributed by atoms with Crippen LogP contribution in [-0.2, 0) is 4.79 Å². The summed E-state index contributed by atoms with van der Waals surface area (Å²) in [5.41, 5.74) is 2.39. The SMILES string of the molecule is CC1CCCCCN1c1ccc2c(c1)N(C)C(=O)C2=O. The largest absolute Gasteiger partial charge is 0.369 e. The molecule has 1 aromatic carbocycles. The van der Waals surface area contributed by atoms with Gasteiger partial charge < -0.3 is 9.80 Å². The molecule has 0 spiro atoms. The minimum absolute atomic E-state index is 0.391. The monoisotopic (exact) mass is 272 g/mol. The maximum atomic E-state index is 11.8. The molecule has 3 rings (SSSR count). The lowest BCUT2D eigenvalue weighted by Crippen LogP contribution is -2.32. The molecule has 2 heterocycles. The third kappa shape index (κ3) is 1.99. The molecule has 106 valence electrons. The van der Waals surface area contributed by atoms with Crippen molar-refractivity contribution in [2.75, 3.05) is 23.4 Å². The molecule has 0 N–H and O–H groups in total. The summed E-state index contributed by atoms with van der Waals surface area (Å²) in [7, 11) is 1.67. The molecule has 1 amide bonds. The first-order chi connectivity index (χ1) is 9.59. The van der Waals surface area contributed by atoms with Gasteiger partial charge in [0.2, 0.25) is 0 Å². The fourth-order valence-corrected chi connectivity index (χ4v) is 3.20. The summed E-state index contributed by atoms with van der Waals surface area (Å²) < 4.78 is 0. The van der Waals surface area contributed by atoms with Crippen molar-refractivity contribution in [2.45, 2.75) is 38.6 Å². The molecule has 1 saturated heterocycles. The van der Waals surface area contributed by atoms with Gasteiger partial charge in [0, 0.05) is 25.3 Å². The highest BCUT2D eigenvalue weighted by Crippen LogP contribution is 2.33. The van der Waals surface area contributed by atoms with E-state index in [4.69, 9.17) is 0 Å². The standard InChI is InChI=1S/C16H20N2O2/c1-11-6-4-3-5-9-18(11)12-7-8-13-14(10-12)17(2)16(20)15(13)19/h7-8,10-11H,3-6,9H2,1-2H3. The Kier molecular flexibility index (Phi) is 3.24. The second-order valence-corrected chi connectivity index (χ2v) is 5.79. The zero-order valence-corrected chi connectivity index (χ0v) is 12.1. The Balaban J connectivity index is 1.97. The van der Waals surface area contributed by atoms with Gasteiger partial charge in [0.25, 0.3) is 11.7 Å². The van der Waals surface area contributed by atoms with Gasteiger partial charge in [0.05, 0.1) is 11.3 Å². The average Bonchev–Trinajstić information content (AvgIpc) is 2.64. The normalized spacial score (nSPS) is 23.0. The van der Waals surface area contributed by atoms with E-state index in [1.165, 1.54) is 30.6 Å². The van der Waals surface area contributed by atoms with Crippen LogP contribution in [0, 0.1) is 0 Å². The third-order valence-corrected chi connectivity index (χ3v) is 4.47. The molecule has 0 saturated carbocycles. The van der Waals surface area contributed by atoms with Gasteiger partial charge in [-0.1, -0.05) is 12.8 Å². The number of benzene rings is 1. The molecular formula is C16H20N2O2. The van der Waals surface area contributed by atoms with Crippen molar-refractivity contribution in [2.24, 2.45) is 0 Å². The zero-order chi connectivity index (χ0) is 14.3. The van der Waals surface area contributed by atoms with E-state index in [2.05, 4.69) is 11.8 Å². The van der Waals surface area contributed by atoms with Crippen molar-refractivity contribution in [3.05, 3.63) is 23.8 Å². The van der Waals surface area contributed by atoms with E-state index in [9.17, 15) is 9.59 Å². The van der Waals surface area contributed by atoms with Crippen LogP contribution in [0.25, 0.3) is 0 Å². The van der Waals surface area contributed by atoms with Gasteiger partial charge in [0.15, 0.2) is 0 Å². The molecule has 1 unspecified atom stereocenters. The van der Waals surface area contributed by atoms with Gasteiger partial charge >= 0.3 is 0 Å². The first-order valence-electron chi connectivity index (χ1n) is 7.32. The van der Waals surface area contributed by atoms with E-state index in [0.29, 0.717) is 11.6 Å². The summed E-state index contributed by atoms with van der Waals surface area (Å²) in [6.45, 7) is 3.30. The van der Waals surface area contributed by atoms with Gasteiger partial charge in [-0.3, -0.25) is 9.59 Å². The quantitative estimate of drug-likeness (QED) is 0.738. The molecule has 20 heavy (non-hydrogen) atoms. The van der Waals surface area contributed by atoms with Crippen LogP contribution in [0.15, 0.2) is 18.2 Å². The van der Waals surface area contributed by atoms with Gasteiger partial charge in [-0.05, 0) is 38.0 Å². The lowest BCUT2D eigenvalue weighted by molar-refractivity contribution is -0.114. The van der Waals surface area contributed by atoms with E-state index < -0.39 is 11.7 Å². The number of carbonyl (C=O) groups is 2. The van der Waals surface area contributed by atoms with Crippen LogP contribution in [0.5, 0.6) is 0 Å². The predicted molar refractivity (Wildman–Crippen MR) is 79.5 cm³/mol. The van der Waals surface area contributed by atoms with Gasteiger partial charge in [0.1, 0.15) is 0 Å². The minimum Gasteiger partial charge on any atom is -0.369 e. The number of rotatable bonds is 1. The molecule has 0 aliphatic carbocycles. The molecular weight excluding hydrogens is 252 g/mol. The zero-order valence-electron chi connectivity index (χ0n) is 12.1. The molecule has 4 nitrogen and oxygen atoms in total. The van der Waals surface area contributed by atoms with Crippen molar-refractivity contribution in [3.8, 4) is 0 Å². The maximum Gasteiger partial charge on any atom is 0.299 e. The van der Waals surface area contributed by atoms with E-state index in [1.54, 1.807) is 13.1 Å². The Morgan fingerprint density at radius 3 is 2.75 bits per heavy atom. The molecule has 1 aromatic rings. The average molecular weight is 272 g/mol. The molecule has 1 atom stereocenters. The molecule has 0 bridgehead atoms. The molecule has 0 radical (unpaired) electrons. The van der Waals surface area contributed by atoms with Crippen LogP contribution < -0.4 is 9.80 Å². The number of likely N-dealkylation sites (N-methyl/N-ethyl adjacent to an activating group) is 1. The van der Waals surface area contributed by atoms with Crippen LogP contribution in [-0.4, -0.2) is 31.3 Å². The topological polar surface area (TPSA) is 40.6 Å². The summed E-state index contributed by atoms with van der Waals surface area (Å²) >= 11 is 0. The summed E-state index contributed by atoms with van der Waals surface area (Å²) in [5.74, 6) is -0.820. The van der Waals surface area contributed by atoms with Gasteiger partial charge in [-0.25, -0.2) is 0 Å². The second-order valence-electron chi connectivity index (χ2n) is 5.79. The van der Waals surface area contributed by atoms with Gasteiger partial charge in [-0.15, -0.1) is 0 Å². The van der Waals surface area contributed by atoms with Crippen molar-refractivity contribution in [1.29, 1.82) is 0 Å². The first kappa shape index (κ1) is 13.2. The number of anilines is 2. The van der Waals surface area contributed by atoms with Crippen LogP contribution in [0.1, 0.15) is 43.0 Å². The lowest BCUT2D eigenvalue weighted by Gasteiger charge is -2.30. The van der Waals surface area contributed by atoms with Crippen LogP contribution in [0.2, 0.25) is 0 Å². The molecule has 1 fully saturated rings. The number of hydrogen-bond donors (Lipinski definition) is 0. The molecule has 4 heteroatoms. The van der Waals surface area contributed by atoms with E-state index in [0.717, 1.165) is 17.9 Å². The Bertz CT molecular complexity index is 568. The summed E-state index contributed by atoms with van der Waals surface area (Å²) in [6, 6.07) is 6.27. The Hall–Kier alpha value is -1.84. The molecule has 0 aromatic heterocycles. The number of fused-ring (bicyclic) bond motifs is 1. The van der Waals surface area contributed by atoms with Crippen LogP contribution in [0.3, 0.4) is 0 Å². The number of Topliss-reactive ketones (excluding diaryl/α,β-unsaturated/α-hetero) is 1. The van der Waals surface area contributed by atoms with Crippen molar-refractivity contribution < 1.29 is 9.59 Å². The highest BCUT2D eigenvalue weighted by Gasteiger charge is 2.33. The summed E-state index contributed by atoms with van der Waals surface area (Å²) in [5, 5.41) is 0. The fourth-order valence-electron chi connectivity index (χ4n) is 3.20.